The van der Waals surface area contributed by atoms with Crippen LogP contribution >= 0.6 is 0 Å². The molecule has 0 spiro atoms. The summed E-state index contributed by atoms with van der Waals surface area (Å²) in [5.74, 6) is 2.89. The number of nitrogens with zero attached hydrogens (tertiary/aromatic N) is 6. The highest BCUT2D eigenvalue weighted by Gasteiger charge is 2.21. The van der Waals surface area contributed by atoms with Crippen LogP contribution in [0.5, 0.6) is 11.6 Å². The molecule has 178 valence electrons. The van der Waals surface area contributed by atoms with Crippen molar-refractivity contribution < 1.29 is 13.2 Å². The summed E-state index contributed by atoms with van der Waals surface area (Å²) in [6, 6.07) is 8.30. The second kappa shape index (κ2) is 8.90. The Bertz CT molecular complexity index is 1440. The Kier molecular flexibility index (Phi) is 6.13. The third kappa shape index (κ3) is 4.79. The number of hydrogen-bond donors (Lipinski definition) is 1. The number of anilines is 1. The van der Waals surface area contributed by atoms with Crippen LogP contribution in [0.3, 0.4) is 0 Å². The van der Waals surface area contributed by atoms with Gasteiger partial charge in [0.1, 0.15) is 29.5 Å². The number of aryl methyl sites for hydroxylation is 3. The first-order valence-electron chi connectivity index (χ1n) is 10.7. The van der Waals surface area contributed by atoms with E-state index >= 15 is 0 Å². The van der Waals surface area contributed by atoms with E-state index in [0.717, 1.165) is 11.4 Å². The minimum atomic E-state index is -3.82. The third-order valence-electron chi connectivity index (χ3n) is 5.31. The van der Waals surface area contributed by atoms with Gasteiger partial charge in [-0.25, -0.2) is 15.0 Å². The fourth-order valence-electron chi connectivity index (χ4n) is 3.47. The molecule has 1 N–H and O–H groups in total. The molecule has 34 heavy (non-hydrogen) atoms. The Labute approximate surface area is 198 Å². The normalized spacial score (nSPS) is 11.7. The van der Waals surface area contributed by atoms with Gasteiger partial charge in [0, 0.05) is 36.6 Å². The van der Waals surface area contributed by atoms with E-state index in [9.17, 15) is 8.42 Å². The Hall–Kier alpha value is -3.73. The highest BCUT2D eigenvalue weighted by Crippen LogP contribution is 2.25. The molecule has 3 aromatic heterocycles. The lowest BCUT2D eigenvalue weighted by atomic mass is 10.2. The van der Waals surface area contributed by atoms with Crippen LogP contribution in [0.25, 0.3) is 5.82 Å². The summed E-state index contributed by atoms with van der Waals surface area (Å²) >= 11 is 0. The number of benzene rings is 1. The standard InChI is InChI=1S/C23H27N7O3S/c1-14(2)23-27-22(12-29(23)6)34(31,32)28-18-7-9-19(10-8-18)33-21-11-20(25-17(5)26-21)30-13-24-15(3)16(30)4/h7-14,28H,1-6H3. The van der Waals surface area contributed by atoms with Crippen LogP contribution in [0.15, 0.2) is 47.9 Å². The van der Waals surface area contributed by atoms with Crippen molar-refractivity contribution in [3.8, 4) is 17.4 Å². The predicted octanol–water partition coefficient (Wildman–Crippen LogP) is 4.04. The molecule has 0 radical (unpaired) electrons. The van der Waals surface area contributed by atoms with Gasteiger partial charge in [-0.15, -0.1) is 0 Å². The number of rotatable bonds is 7. The topological polar surface area (TPSA) is 117 Å². The lowest BCUT2D eigenvalue weighted by molar-refractivity contribution is 0.459. The first kappa shape index (κ1) is 23.4. The number of hydrogen-bond acceptors (Lipinski definition) is 7. The van der Waals surface area contributed by atoms with Crippen LogP contribution in [0.1, 0.15) is 42.8 Å². The zero-order chi connectivity index (χ0) is 24.6. The average Bonchev–Trinajstić information content (AvgIpc) is 3.32. The van der Waals surface area contributed by atoms with Crippen LogP contribution in [0.2, 0.25) is 0 Å². The van der Waals surface area contributed by atoms with Crippen molar-refractivity contribution >= 4 is 15.7 Å². The average molecular weight is 482 g/mol. The van der Waals surface area contributed by atoms with Gasteiger partial charge in [-0.1, -0.05) is 13.8 Å². The molecule has 1 aromatic carbocycles. The highest BCUT2D eigenvalue weighted by atomic mass is 32.2. The molecule has 11 heteroatoms. The number of nitrogens with one attached hydrogen (secondary N) is 1. The van der Waals surface area contributed by atoms with Gasteiger partial charge in [0.15, 0.2) is 5.03 Å². The van der Waals surface area contributed by atoms with E-state index in [0.29, 0.717) is 34.8 Å². The summed E-state index contributed by atoms with van der Waals surface area (Å²) in [5, 5.41) is -0.0203. The second-order valence-corrected chi connectivity index (χ2v) is 9.96. The van der Waals surface area contributed by atoms with Crippen LogP contribution < -0.4 is 9.46 Å². The molecule has 0 bridgehead atoms. The monoisotopic (exact) mass is 481 g/mol. The van der Waals surface area contributed by atoms with Gasteiger partial charge in [0.05, 0.1) is 5.69 Å². The van der Waals surface area contributed by atoms with E-state index < -0.39 is 10.0 Å². The van der Waals surface area contributed by atoms with Gasteiger partial charge >= 0.3 is 0 Å². The largest absolute Gasteiger partial charge is 0.439 e. The Morgan fingerprint density at radius 3 is 2.32 bits per heavy atom. The van der Waals surface area contributed by atoms with Gasteiger partial charge in [-0.2, -0.15) is 13.4 Å². The number of aromatic nitrogens is 6. The maximum absolute atomic E-state index is 12.8. The zero-order valence-electron chi connectivity index (χ0n) is 19.9. The maximum atomic E-state index is 12.8. The van der Waals surface area contributed by atoms with Gasteiger partial charge in [-0.3, -0.25) is 9.29 Å². The molecule has 0 aliphatic rings. The number of ether oxygens (including phenoxy) is 1. The minimum Gasteiger partial charge on any atom is -0.439 e. The van der Waals surface area contributed by atoms with Crippen molar-refractivity contribution in [2.24, 2.45) is 7.05 Å². The fourth-order valence-corrected chi connectivity index (χ4v) is 4.53. The second-order valence-electron chi connectivity index (χ2n) is 8.33. The maximum Gasteiger partial charge on any atom is 0.280 e. The minimum absolute atomic E-state index is 0.0203. The van der Waals surface area contributed by atoms with Crippen LogP contribution in [0.4, 0.5) is 5.69 Å². The van der Waals surface area contributed by atoms with E-state index in [2.05, 4.69) is 24.7 Å². The summed E-state index contributed by atoms with van der Waals surface area (Å²) in [6.07, 6.45) is 3.22. The van der Waals surface area contributed by atoms with Gasteiger partial charge in [0.2, 0.25) is 5.88 Å². The molecule has 0 aliphatic heterocycles. The smallest absolute Gasteiger partial charge is 0.280 e. The fraction of sp³-hybridized carbons (Fsp3) is 0.304. The molecule has 0 amide bonds. The molecular weight excluding hydrogens is 454 g/mol. The first-order valence-corrected chi connectivity index (χ1v) is 12.2. The molecule has 4 aromatic rings. The molecule has 3 heterocycles. The zero-order valence-corrected chi connectivity index (χ0v) is 20.8. The molecule has 0 saturated heterocycles. The van der Waals surface area contributed by atoms with Crippen molar-refractivity contribution in [2.45, 2.75) is 45.6 Å². The quantitative estimate of drug-likeness (QED) is 0.423. The SMILES string of the molecule is Cc1nc(Oc2ccc(NS(=O)(=O)c3cn(C)c(C(C)C)n3)cc2)cc(-n2cnc(C)c2C)n1. The molecule has 0 atom stereocenters. The van der Waals surface area contributed by atoms with Crippen molar-refractivity contribution in [3.05, 3.63) is 65.9 Å². The number of imidazole rings is 2. The van der Waals surface area contributed by atoms with Crippen molar-refractivity contribution in [2.75, 3.05) is 4.72 Å². The highest BCUT2D eigenvalue weighted by molar-refractivity contribution is 7.92. The van der Waals surface area contributed by atoms with Gasteiger partial charge in [-0.05, 0) is 45.0 Å². The molecular formula is C23H27N7O3S. The first-order chi connectivity index (χ1) is 16.0. The van der Waals surface area contributed by atoms with E-state index in [1.54, 1.807) is 55.2 Å². The molecule has 0 unspecified atom stereocenters. The Balaban J connectivity index is 1.51. The molecule has 10 nitrogen and oxygen atoms in total. The molecule has 0 fully saturated rings. The van der Waals surface area contributed by atoms with E-state index in [-0.39, 0.29) is 10.9 Å². The summed E-state index contributed by atoms with van der Waals surface area (Å²) in [6.45, 7) is 9.61. The van der Waals surface area contributed by atoms with E-state index in [1.165, 1.54) is 6.20 Å². The van der Waals surface area contributed by atoms with Crippen LogP contribution in [-0.2, 0) is 17.1 Å². The summed E-state index contributed by atoms with van der Waals surface area (Å²) in [7, 11) is -2.04. The molecule has 4 rings (SSSR count). The summed E-state index contributed by atoms with van der Waals surface area (Å²) in [4.78, 5) is 17.4. The summed E-state index contributed by atoms with van der Waals surface area (Å²) in [5.41, 5.74) is 2.30. The van der Waals surface area contributed by atoms with Gasteiger partial charge < -0.3 is 9.30 Å². The lowest BCUT2D eigenvalue weighted by Gasteiger charge is -2.10. The van der Waals surface area contributed by atoms with Gasteiger partial charge in [0.25, 0.3) is 10.0 Å². The van der Waals surface area contributed by atoms with Crippen molar-refractivity contribution in [1.82, 2.24) is 29.1 Å². The van der Waals surface area contributed by atoms with Crippen molar-refractivity contribution in [1.29, 1.82) is 0 Å². The van der Waals surface area contributed by atoms with E-state index in [1.807, 2.05) is 32.3 Å². The third-order valence-corrected chi connectivity index (χ3v) is 6.56. The molecule has 0 saturated carbocycles. The predicted molar refractivity (Wildman–Crippen MR) is 128 cm³/mol. The Morgan fingerprint density at radius 2 is 1.74 bits per heavy atom. The van der Waals surface area contributed by atoms with Crippen LogP contribution in [0, 0.1) is 20.8 Å². The number of sulfonamides is 1. The van der Waals surface area contributed by atoms with E-state index in [4.69, 9.17) is 4.74 Å². The Morgan fingerprint density at radius 1 is 1.03 bits per heavy atom. The lowest BCUT2D eigenvalue weighted by Crippen LogP contribution is -2.13. The van der Waals surface area contributed by atoms with Crippen LogP contribution in [-0.4, -0.2) is 37.5 Å². The summed E-state index contributed by atoms with van der Waals surface area (Å²) < 4.78 is 37.6. The van der Waals surface area contributed by atoms with Crippen molar-refractivity contribution in [3.63, 3.8) is 0 Å². The molecule has 0 aliphatic carbocycles.